The molecule has 1 heterocycles. The molecule has 1 aliphatic carbocycles. The van der Waals surface area contributed by atoms with Gasteiger partial charge in [-0.2, -0.15) is 0 Å². The number of hydrogen-bond donors (Lipinski definition) is 0. The van der Waals surface area contributed by atoms with Crippen molar-refractivity contribution < 1.29 is 4.79 Å². The number of likely N-dealkylation sites (tertiary alicyclic amines) is 1. The summed E-state index contributed by atoms with van der Waals surface area (Å²) in [7, 11) is 2.21. The van der Waals surface area contributed by atoms with Crippen molar-refractivity contribution in [1.29, 1.82) is 0 Å². The van der Waals surface area contributed by atoms with E-state index in [4.69, 9.17) is 0 Å². The Morgan fingerprint density at radius 2 is 1.81 bits per heavy atom. The lowest BCUT2D eigenvalue weighted by molar-refractivity contribution is -0.119. The Morgan fingerprint density at radius 1 is 1.14 bits per heavy atom. The van der Waals surface area contributed by atoms with E-state index in [0.29, 0.717) is 18.1 Å². The lowest BCUT2D eigenvalue weighted by Crippen LogP contribution is -2.30. The largest absolute Gasteiger partial charge is 0.306 e. The molecule has 2 aliphatic rings. The van der Waals surface area contributed by atoms with Gasteiger partial charge in [-0.05, 0) is 69.3 Å². The molecular formula is C18H26ClNO. The Hall–Kier alpha value is -0.860. The van der Waals surface area contributed by atoms with Gasteiger partial charge in [0.15, 0.2) is 0 Å². The molecule has 1 aromatic rings. The van der Waals surface area contributed by atoms with Crippen LogP contribution < -0.4 is 0 Å². The van der Waals surface area contributed by atoms with Gasteiger partial charge in [-0.15, -0.1) is 12.4 Å². The monoisotopic (exact) mass is 307 g/mol. The maximum Gasteiger partial charge on any atom is 0.140 e. The van der Waals surface area contributed by atoms with Crippen molar-refractivity contribution in [3.05, 3.63) is 35.4 Å². The van der Waals surface area contributed by atoms with Gasteiger partial charge >= 0.3 is 0 Å². The molecule has 0 spiro atoms. The summed E-state index contributed by atoms with van der Waals surface area (Å²) in [6.07, 6.45) is 6.68. The van der Waals surface area contributed by atoms with E-state index in [-0.39, 0.29) is 12.4 Å². The van der Waals surface area contributed by atoms with E-state index in [0.717, 1.165) is 18.8 Å². The third-order valence-corrected chi connectivity index (χ3v) is 4.76. The molecule has 116 valence electrons. The predicted octanol–water partition coefficient (Wildman–Crippen LogP) is 3.51. The van der Waals surface area contributed by atoms with Crippen LogP contribution in [0, 0.1) is 11.8 Å². The average Bonchev–Trinajstić information content (AvgIpc) is 3.26. The molecule has 2 fully saturated rings. The maximum atomic E-state index is 11.9. The van der Waals surface area contributed by atoms with E-state index in [1.165, 1.54) is 43.5 Å². The quantitative estimate of drug-likeness (QED) is 0.829. The minimum absolute atomic E-state index is 0. The van der Waals surface area contributed by atoms with Crippen LogP contribution in [0.4, 0.5) is 0 Å². The number of Topliss-reactive ketones (excluding diaryl/α,β-unsaturated/α-hetero) is 1. The summed E-state index contributed by atoms with van der Waals surface area (Å²) in [4.78, 5) is 14.3. The Bertz CT molecular complexity index is 476. The first kappa shape index (κ1) is 16.5. The van der Waals surface area contributed by atoms with Crippen molar-refractivity contribution in [3.63, 3.8) is 0 Å². The van der Waals surface area contributed by atoms with Crippen molar-refractivity contribution in [3.8, 4) is 0 Å². The van der Waals surface area contributed by atoms with Gasteiger partial charge in [-0.3, -0.25) is 4.79 Å². The molecule has 0 aromatic heterocycles. The Kier molecular flexibility index (Phi) is 5.83. The number of hydrogen-bond acceptors (Lipinski definition) is 2. The fraction of sp³-hybridized carbons (Fsp3) is 0.611. The summed E-state index contributed by atoms with van der Waals surface area (Å²) < 4.78 is 0. The lowest BCUT2D eigenvalue weighted by atomic mass is 9.89. The van der Waals surface area contributed by atoms with E-state index in [1.54, 1.807) is 0 Å². The van der Waals surface area contributed by atoms with Crippen molar-refractivity contribution in [2.24, 2.45) is 11.8 Å². The summed E-state index contributed by atoms with van der Waals surface area (Å²) in [5, 5.41) is 0. The summed E-state index contributed by atoms with van der Waals surface area (Å²) in [6.45, 7) is 2.45. The molecule has 0 bridgehead atoms. The first-order valence-corrected chi connectivity index (χ1v) is 8.00. The molecule has 0 atom stereocenters. The van der Waals surface area contributed by atoms with Crippen LogP contribution in [0.5, 0.6) is 0 Å². The molecule has 21 heavy (non-hydrogen) atoms. The molecule has 0 unspecified atom stereocenters. The summed E-state index contributed by atoms with van der Waals surface area (Å²) in [6, 6.07) is 8.72. The van der Waals surface area contributed by atoms with Crippen LogP contribution in [-0.2, 0) is 17.6 Å². The second-order valence-corrected chi connectivity index (χ2v) is 6.69. The van der Waals surface area contributed by atoms with E-state index in [9.17, 15) is 4.79 Å². The topological polar surface area (TPSA) is 20.3 Å². The standard InChI is InChI=1S/C18H25NO.ClH/c1-19-9-7-14(8-10-19)11-15-3-2-4-16(12-15)13-18(20)17-5-6-17;/h2-4,12,14,17H,5-11,13H2,1H3;1H. The smallest absolute Gasteiger partial charge is 0.140 e. The molecule has 3 rings (SSSR count). The van der Waals surface area contributed by atoms with Gasteiger partial charge in [0.2, 0.25) is 0 Å². The molecule has 2 nitrogen and oxygen atoms in total. The maximum absolute atomic E-state index is 11.9. The van der Waals surface area contributed by atoms with E-state index < -0.39 is 0 Å². The van der Waals surface area contributed by atoms with Crippen LogP contribution in [0.2, 0.25) is 0 Å². The van der Waals surface area contributed by atoms with Crippen LogP contribution in [0.15, 0.2) is 24.3 Å². The number of nitrogens with zero attached hydrogens (tertiary/aromatic N) is 1. The Balaban J connectivity index is 0.00000161. The Morgan fingerprint density at radius 3 is 2.48 bits per heavy atom. The summed E-state index contributed by atoms with van der Waals surface area (Å²) >= 11 is 0. The first-order chi connectivity index (χ1) is 9.70. The van der Waals surface area contributed by atoms with Gasteiger partial charge < -0.3 is 4.90 Å². The third-order valence-electron chi connectivity index (χ3n) is 4.76. The third kappa shape index (κ3) is 4.82. The molecule has 0 N–H and O–H groups in total. The van der Waals surface area contributed by atoms with E-state index >= 15 is 0 Å². The fourth-order valence-corrected chi connectivity index (χ4v) is 3.22. The number of rotatable bonds is 5. The summed E-state index contributed by atoms with van der Waals surface area (Å²) in [5.74, 6) is 1.65. The number of benzene rings is 1. The van der Waals surface area contributed by atoms with Gasteiger partial charge in [0, 0.05) is 12.3 Å². The van der Waals surface area contributed by atoms with Crippen molar-refractivity contribution >= 4 is 18.2 Å². The molecular weight excluding hydrogens is 282 g/mol. The molecule has 1 saturated heterocycles. The van der Waals surface area contributed by atoms with Crippen LogP contribution in [0.1, 0.15) is 36.8 Å². The Labute approximate surface area is 134 Å². The number of halogens is 1. The molecule has 1 saturated carbocycles. The van der Waals surface area contributed by atoms with E-state index in [2.05, 4.69) is 36.2 Å². The zero-order valence-corrected chi connectivity index (χ0v) is 13.7. The van der Waals surface area contributed by atoms with Crippen LogP contribution >= 0.6 is 12.4 Å². The first-order valence-electron chi connectivity index (χ1n) is 8.00. The van der Waals surface area contributed by atoms with Gasteiger partial charge in [0.25, 0.3) is 0 Å². The van der Waals surface area contributed by atoms with Crippen LogP contribution in [0.25, 0.3) is 0 Å². The van der Waals surface area contributed by atoms with E-state index in [1.807, 2.05) is 0 Å². The van der Waals surface area contributed by atoms with Crippen molar-refractivity contribution in [2.45, 2.75) is 38.5 Å². The minimum atomic E-state index is 0. The van der Waals surface area contributed by atoms with Gasteiger partial charge in [0.05, 0.1) is 0 Å². The second-order valence-electron chi connectivity index (χ2n) is 6.69. The average molecular weight is 308 g/mol. The number of carbonyl (C=O) groups excluding carboxylic acids is 1. The number of ketones is 1. The van der Waals surface area contributed by atoms with Crippen LogP contribution in [0.3, 0.4) is 0 Å². The highest BCUT2D eigenvalue weighted by molar-refractivity contribution is 5.85. The molecule has 3 heteroatoms. The summed E-state index contributed by atoms with van der Waals surface area (Å²) in [5.41, 5.74) is 2.63. The fourth-order valence-electron chi connectivity index (χ4n) is 3.22. The highest BCUT2D eigenvalue weighted by atomic mass is 35.5. The SMILES string of the molecule is CN1CCC(Cc2cccc(CC(=O)C3CC3)c2)CC1.Cl. The van der Waals surface area contributed by atoms with Crippen molar-refractivity contribution in [1.82, 2.24) is 4.90 Å². The minimum Gasteiger partial charge on any atom is -0.306 e. The van der Waals surface area contributed by atoms with Gasteiger partial charge in [-0.25, -0.2) is 0 Å². The van der Waals surface area contributed by atoms with Gasteiger partial charge in [-0.1, -0.05) is 24.3 Å². The predicted molar refractivity (Wildman–Crippen MR) is 89.1 cm³/mol. The second kappa shape index (κ2) is 7.42. The van der Waals surface area contributed by atoms with Gasteiger partial charge in [0.1, 0.15) is 5.78 Å². The van der Waals surface area contributed by atoms with Crippen molar-refractivity contribution in [2.75, 3.05) is 20.1 Å². The zero-order chi connectivity index (χ0) is 13.9. The molecule has 1 aliphatic heterocycles. The van der Waals surface area contributed by atoms with Crippen LogP contribution in [-0.4, -0.2) is 30.8 Å². The number of piperidine rings is 1. The normalized spacial score (nSPS) is 20.0. The molecule has 0 radical (unpaired) electrons. The molecule has 0 amide bonds. The lowest BCUT2D eigenvalue weighted by Gasteiger charge is -2.29. The highest BCUT2D eigenvalue weighted by Crippen LogP contribution is 2.31. The highest BCUT2D eigenvalue weighted by Gasteiger charge is 2.29. The number of carbonyl (C=O) groups is 1. The molecule has 1 aromatic carbocycles. The zero-order valence-electron chi connectivity index (χ0n) is 12.9.